The first-order valence-electron chi connectivity index (χ1n) is 6.92. The predicted octanol–water partition coefficient (Wildman–Crippen LogP) is 2.43. The minimum absolute atomic E-state index is 0.361. The zero-order chi connectivity index (χ0) is 12.5. The minimum atomic E-state index is -0.644. The molecule has 1 heterocycles. The second-order valence-corrected chi connectivity index (χ2v) is 7.38. The van der Waals surface area contributed by atoms with Crippen molar-refractivity contribution in [2.45, 2.75) is 49.4 Å². The summed E-state index contributed by atoms with van der Waals surface area (Å²) in [6, 6.07) is 11.6. The molecule has 18 heavy (non-hydrogen) atoms. The Hall–Kier alpha value is -0.670. The van der Waals surface area contributed by atoms with E-state index >= 15 is 0 Å². The molecule has 3 rings (SSSR count). The van der Waals surface area contributed by atoms with Crippen molar-refractivity contribution >= 4 is 10.8 Å². The average molecular weight is 263 g/mol. The lowest BCUT2D eigenvalue weighted by molar-refractivity contribution is 0.319. The number of fused-ring (bicyclic) bond motifs is 1. The molecular formula is C15H21NOS. The number of nitrogens with one attached hydrogen (secondary N) is 1. The molecule has 0 bridgehead atoms. The maximum absolute atomic E-state index is 12.3. The van der Waals surface area contributed by atoms with E-state index in [1.54, 1.807) is 0 Å². The summed E-state index contributed by atoms with van der Waals surface area (Å²) in [6.07, 6.45) is 3.48. The molecule has 1 saturated carbocycles. The van der Waals surface area contributed by atoms with Crippen LogP contribution in [-0.2, 0) is 10.8 Å². The van der Waals surface area contributed by atoms with Gasteiger partial charge in [0.1, 0.15) is 0 Å². The Morgan fingerprint density at radius 3 is 2.78 bits per heavy atom. The molecule has 1 N–H and O–H groups in total. The van der Waals surface area contributed by atoms with Gasteiger partial charge in [0.05, 0.1) is 5.25 Å². The molecule has 2 aliphatic rings. The first-order chi connectivity index (χ1) is 8.74. The molecule has 0 aromatic heterocycles. The number of rotatable bonds is 1. The Morgan fingerprint density at radius 2 is 2.00 bits per heavy atom. The van der Waals surface area contributed by atoms with Gasteiger partial charge in [0.25, 0.3) is 0 Å². The van der Waals surface area contributed by atoms with Crippen molar-refractivity contribution in [1.82, 2.24) is 5.32 Å². The summed E-state index contributed by atoms with van der Waals surface area (Å²) in [6.45, 7) is 2.15. The second-order valence-electron chi connectivity index (χ2n) is 5.68. The van der Waals surface area contributed by atoms with Gasteiger partial charge in [-0.15, -0.1) is 0 Å². The molecule has 0 radical (unpaired) electrons. The van der Waals surface area contributed by atoms with Crippen LogP contribution in [0.2, 0.25) is 0 Å². The highest BCUT2D eigenvalue weighted by Crippen LogP contribution is 2.36. The maximum atomic E-state index is 12.3. The van der Waals surface area contributed by atoms with Crippen molar-refractivity contribution in [2.24, 2.45) is 0 Å². The van der Waals surface area contributed by atoms with E-state index in [0.717, 1.165) is 12.2 Å². The summed E-state index contributed by atoms with van der Waals surface area (Å²) in [5.41, 5.74) is 1.42. The molecule has 5 atom stereocenters. The molecule has 0 amide bonds. The maximum Gasteiger partial charge on any atom is 0.0507 e. The van der Waals surface area contributed by atoms with Gasteiger partial charge in [0.2, 0.25) is 0 Å². The summed E-state index contributed by atoms with van der Waals surface area (Å²) >= 11 is 0. The van der Waals surface area contributed by atoms with Crippen LogP contribution in [0.3, 0.4) is 0 Å². The normalized spacial score (nSPS) is 40.2. The smallest absolute Gasteiger partial charge is 0.0507 e. The van der Waals surface area contributed by atoms with Crippen LogP contribution in [0.5, 0.6) is 0 Å². The van der Waals surface area contributed by atoms with E-state index in [9.17, 15) is 4.21 Å². The van der Waals surface area contributed by atoms with Crippen molar-refractivity contribution in [2.75, 3.05) is 5.75 Å². The zero-order valence-corrected chi connectivity index (χ0v) is 11.7. The van der Waals surface area contributed by atoms with E-state index in [1.807, 2.05) is 0 Å². The van der Waals surface area contributed by atoms with E-state index in [1.165, 1.54) is 18.4 Å². The van der Waals surface area contributed by atoms with Crippen LogP contribution in [0.4, 0.5) is 0 Å². The first-order valence-corrected chi connectivity index (χ1v) is 8.30. The zero-order valence-electron chi connectivity index (χ0n) is 10.8. The third-order valence-corrected chi connectivity index (χ3v) is 6.34. The van der Waals surface area contributed by atoms with Gasteiger partial charge >= 0.3 is 0 Å². The van der Waals surface area contributed by atoms with Gasteiger partial charge in [-0.3, -0.25) is 4.21 Å². The van der Waals surface area contributed by atoms with E-state index in [-0.39, 0.29) is 0 Å². The average Bonchev–Trinajstić information content (AvgIpc) is 2.39. The molecule has 2 nitrogen and oxygen atoms in total. The van der Waals surface area contributed by atoms with Crippen molar-refractivity contribution in [3.8, 4) is 0 Å². The Bertz CT molecular complexity index is 433. The summed E-state index contributed by atoms with van der Waals surface area (Å²) in [7, 11) is -0.644. The molecule has 1 aromatic rings. The van der Waals surface area contributed by atoms with Gasteiger partial charge in [-0.2, -0.15) is 0 Å². The predicted molar refractivity (Wildman–Crippen MR) is 76.2 cm³/mol. The summed E-state index contributed by atoms with van der Waals surface area (Å²) < 4.78 is 12.3. The molecule has 0 spiro atoms. The Balaban J connectivity index is 1.75. The Morgan fingerprint density at radius 1 is 1.22 bits per heavy atom. The van der Waals surface area contributed by atoms with E-state index in [4.69, 9.17) is 0 Å². The number of benzene rings is 1. The molecule has 2 fully saturated rings. The lowest BCUT2D eigenvalue weighted by Gasteiger charge is -2.41. The van der Waals surface area contributed by atoms with Crippen molar-refractivity contribution in [3.63, 3.8) is 0 Å². The Kier molecular flexibility index (Phi) is 3.53. The van der Waals surface area contributed by atoms with Gasteiger partial charge in [-0.1, -0.05) is 30.3 Å². The molecule has 98 valence electrons. The van der Waals surface area contributed by atoms with Crippen molar-refractivity contribution in [3.05, 3.63) is 35.9 Å². The van der Waals surface area contributed by atoms with Crippen LogP contribution in [0, 0.1) is 0 Å². The van der Waals surface area contributed by atoms with E-state index in [2.05, 4.69) is 42.6 Å². The fourth-order valence-corrected chi connectivity index (χ4v) is 5.29. The van der Waals surface area contributed by atoms with E-state index < -0.39 is 10.8 Å². The van der Waals surface area contributed by atoms with Gasteiger partial charge in [0, 0.05) is 28.6 Å². The number of hydrogen-bond donors (Lipinski definition) is 1. The summed E-state index contributed by atoms with van der Waals surface area (Å²) in [4.78, 5) is 0. The molecule has 1 aromatic carbocycles. The minimum Gasteiger partial charge on any atom is -0.309 e. The Labute approximate surface area is 112 Å². The molecule has 3 heteroatoms. The highest BCUT2D eigenvalue weighted by Gasteiger charge is 2.38. The largest absolute Gasteiger partial charge is 0.309 e. The SMILES string of the molecule is CC1CS(=O)C2CC(c3ccccc3)CCC2N1. The van der Waals surface area contributed by atoms with Crippen LogP contribution >= 0.6 is 0 Å². The monoisotopic (exact) mass is 263 g/mol. The highest BCUT2D eigenvalue weighted by atomic mass is 32.2. The fraction of sp³-hybridized carbons (Fsp3) is 0.600. The van der Waals surface area contributed by atoms with Gasteiger partial charge < -0.3 is 5.32 Å². The lowest BCUT2D eigenvalue weighted by Crippen LogP contribution is -2.56. The van der Waals surface area contributed by atoms with Crippen LogP contribution in [0.1, 0.15) is 37.7 Å². The molecule has 1 saturated heterocycles. The number of hydrogen-bond acceptors (Lipinski definition) is 2. The van der Waals surface area contributed by atoms with Crippen LogP contribution in [0.25, 0.3) is 0 Å². The lowest BCUT2D eigenvalue weighted by atomic mass is 9.81. The van der Waals surface area contributed by atoms with Crippen molar-refractivity contribution in [1.29, 1.82) is 0 Å². The van der Waals surface area contributed by atoms with Gasteiger partial charge in [0.15, 0.2) is 0 Å². The van der Waals surface area contributed by atoms with Crippen LogP contribution in [0.15, 0.2) is 30.3 Å². The topological polar surface area (TPSA) is 29.1 Å². The summed E-state index contributed by atoms with van der Waals surface area (Å²) in [5, 5.41) is 3.99. The van der Waals surface area contributed by atoms with E-state index in [0.29, 0.717) is 23.3 Å². The molecule has 1 aliphatic carbocycles. The van der Waals surface area contributed by atoms with Crippen LogP contribution < -0.4 is 5.32 Å². The summed E-state index contributed by atoms with van der Waals surface area (Å²) in [5.74, 6) is 1.43. The molecule has 5 unspecified atom stereocenters. The highest BCUT2D eigenvalue weighted by molar-refractivity contribution is 7.85. The molecule has 1 aliphatic heterocycles. The third-order valence-electron chi connectivity index (χ3n) is 4.31. The second kappa shape index (κ2) is 5.14. The van der Waals surface area contributed by atoms with Gasteiger partial charge in [-0.05, 0) is 37.7 Å². The quantitative estimate of drug-likeness (QED) is 0.843. The van der Waals surface area contributed by atoms with Gasteiger partial charge in [-0.25, -0.2) is 0 Å². The molecular weight excluding hydrogens is 242 g/mol. The van der Waals surface area contributed by atoms with Crippen LogP contribution in [-0.4, -0.2) is 27.3 Å². The third kappa shape index (κ3) is 2.39. The standard InChI is InChI=1S/C15H21NOS/c1-11-10-18(17)15-9-13(7-8-14(15)16-11)12-5-3-2-4-6-12/h2-6,11,13-16H,7-10H2,1H3. The van der Waals surface area contributed by atoms with Crippen molar-refractivity contribution < 1.29 is 4.21 Å². The fourth-order valence-electron chi connectivity index (χ4n) is 3.42. The first kappa shape index (κ1) is 12.4.